The number of benzene rings is 1. The summed E-state index contributed by atoms with van der Waals surface area (Å²) in [6.07, 6.45) is 0.435. The monoisotopic (exact) mass is 236 g/mol. The molecule has 0 atom stereocenters. The number of aryl methyl sites for hydroxylation is 1. The fraction of sp³-hybridized carbons (Fsp3) is 0.462. The molecule has 4 heteroatoms. The lowest BCUT2D eigenvalue weighted by Crippen LogP contribution is -2.26. The van der Waals surface area contributed by atoms with Gasteiger partial charge in [0.15, 0.2) is 0 Å². The maximum Gasteiger partial charge on any atom is 0.225 e. The number of aliphatic hydroxyl groups is 1. The molecule has 0 saturated heterocycles. The van der Waals surface area contributed by atoms with Crippen molar-refractivity contribution in [1.29, 1.82) is 0 Å². The molecule has 17 heavy (non-hydrogen) atoms. The highest BCUT2D eigenvalue weighted by Crippen LogP contribution is 2.09. The van der Waals surface area contributed by atoms with Gasteiger partial charge in [0.1, 0.15) is 0 Å². The number of rotatable bonds is 6. The summed E-state index contributed by atoms with van der Waals surface area (Å²) in [5, 5.41) is 11.6. The van der Waals surface area contributed by atoms with E-state index in [0.717, 1.165) is 11.3 Å². The van der Waals surface area contributed by atoms with Gasteiger partial charge in [-0.05, 0) is 31.7 Å². The van der Waals surface area contributed by atoms with Crippen molar-refractivity contribution in [3.8, 4) is 0 Å². The van der Waals surface area contributed by atoms with Crippen molar-refractivity contribution in [1.82, 2.24) is 4.90 Å². The van der Waals surface area contributed by atoms with Gasteiger partial charge in [-0.2, -0.15) is 0 Å². The van der Waals surface area contributed by atoms with Gasteiger partial charge in [0, 0.05) is 25.2 Å². The molecule has 0 aliphatic heterocycles. The Balaban J connectivity index is 2.34. The van der Waals surface area contributed by atoms with Crippen LogP contribution in [0.3, 0.4) is 0 Å². The second-order valence-corrected chi connectivity index (χ2v) is 4.19. The fourth-order valence-corrected chi connectivity index (χ4v) is 1.52. The average molecular weight is 236 g/mol. The van der Waals surface area contributed by atoms with E-state index in [-0.39, 0.29) is 12.5 Å². The fourth-order valence-electron chi connectivity index (χ4n) is 1.52. The molecule has 0 aliphatic rings. The summed E-state index contributed by atoms with van der Waals surface area (Å²) in [6, 6.07) is 7.73. The van der Waals surface area contributed by atoms with Crippen LogP contribution in [-0.4, -0.2) is 42.7 Å². The lowest BCUT2D eigenvalue weighted by Gasteiger charge is -2.14. The van der Waals surface area contributed by atoms with E-state index < -0.39 is 0 Å². The van der Waals surface area contributed by atoms with E-state index in [0.29, 0.717) is 19.5 Å². The molecule has 94 valence electrons. The molecule has 0 aromatic heterocycles. The van der Waals surface area contributed by atoms with Crippen molar-refractivity contribution in [3.05, 3.63) is 29.8 Å². The Bertz CT molecular complexity index is 366. The minimum absolute atomic E-state index is 0.000361. The minimum Gasteiger partial charge on any atom is -0.395 e. The van der Waals surface area contributed by atoms with Gasteiger partial charge >= 0.3 is 0 Å². The van der Waals surface area contributed by atoms with Crippen molar-refractivity contribution in [2.45, 2.75) is 13.3 Å². The van der Waals surface area contributed by atoms with Gasteiger partial charge in [-0.15, -0.1) is 0 Å². The second-order valence-electron chi connectivity index (χ2n) is 4.19. The molecular formula is C13H20N2O2. The molecular weight excluding hydrogens is 216 g/mol. The third-order valence-corrected chi connectivity index (χ3v) is 2.50. The minimum atomic E-state index is 0.000361. The Hall–Kier alpha value is -1.39. The van der Waals surface area contributed by atoms with Crippen molar-refractivity contribution >= 4 is 11.6 Å². The number of carbonyl (C=O) groups excluding carboxylic acids is 1. The first-order valence-corrected chi connectivity index (χ1v) is 5.77. The number of anilines is 1. The number of aliphatic hydroxyl groups excluding tert-OH is 1. The number of hydrogen-bond donors (Lipinski definition) is 2. The Morgan fingerprint density at radius 3 is 2.82 bits per heavy atom. The van der Waals surface area contributed by atoms with Gasteiger partial charge in [0.05, 0.1) is 6.61 Å². The predicted octanol–water partition coefficient (Wildman–Crippen LogP) is 1.25. The molecule has 0 fully saturated rings. The summed E-state index contributed by atoms with van der Waals surface area (Å²) in [7, 11) is 1.89. The van der Waals surface area contributed by atoms with E-state index in [1.54, 1.807) is 0 Å². The smallest absolute Gasteiger partial charge is 0.225 e. The van der Waals surface area contributed by atoms with Crippen molar-refractivity contribution < 1.29 is 9.90 Å². The largest absolute Gasteiger partial charge is 0.395 e. The topological polar surface area (TPSA) is 52.6 Å². The zero-order valence-corrected chi connectivity index (χ0v) is 10.4. The molecule has 0 heterocycles. The van der Waals surface area contributed by atoms with Gasteiger partial charge < -0.3 is 15.3 Å². The Labute approximate surface area is 102 Å². The van der Waals surface area contributed by atoms with Crippen LogP contribution in [0.25, 0.3) is 0 Å². The highest BCUT2D eigenvalue weighted by Gasteiger charge is 2.04. The molecule has 1 aromatic rings. The van der Waals surface area contributed by atoms with Gasteiger partial charge in [0.25, 0.3) is 0 Å². The van der Waals surface area contributed by atoms with E-state index in [4.69, 9.17) is 5.11 Å². The maximum absolute atomic E-state index is 11.6. The van der Waals surface area contributed by atoms with Gasteiger partial charge in [0.2, 0.25) is 5.91 Å². The van der Waals surface area contributed by atoms with Crippen LogP contribution in [0.2, 0.25) is 0 Å². The Kier molecular flexibility index (Phi) is 5.66. The van der Waals surface area contributed by atoms with E-state index >= 15 is 0 Å². The standard InChI is InChI=1S/C13H20N2O2/c1-11-4-3-5-12(10-11)14-13(17)6-7-15(2)8-9-16/h3-5,10,16H,6-9H2,1-2H3,(H,14,17). The molecule has 0 spiro atoms. The first-order chi connectivity index (χ1) is 8.11. The maximum atomic E-state index is 11.6. The number of likely N-dealkylation sites (N-methyl/N-ethyl adjacent to an activating group) is 1. The highest BCUT2D eigenvalue weighted by molar-refractivity contribution is 5.90. The molecule has 1 rings (SSSR count). The third kappa shape index (κ3) is 5.47. The van der Waals surface area contributed by atoms with E-state index in [1.165, 1.54) is 0 Å². The number of nitrogens with zero attached hydrogens (tertiary/aromatic N) is 1. The van der Waals surface area contributed by atoms with Crippen LogP contribution in [0.5, 0.6) is 0 Å². The van der Waals surface area contributed by atoms with Crippen LogP contribution < -0.4 is 5.32 Å². The SMILES string of the molecule is Cc1cccc(NC(=O)CCN(C)CCO)c1. The van der Waals surface area contributed by atoms with Gasteiger partial charge in [-0.25, -0.2) is 0 Å². The van der Waals surface area contributed by atoms with Crippen LogP contribution in [0.1, 0.15) is 12.0 Å². The van der Waals surface area contributed by atoms with Crippen molar-refractivity contribution in [2.75, 3.05) is 32.1 Å². The van der Waals surface area contributed by atoms with Crippen molar-refractivity contribution in [3.63, 3.8) is 0 Å². The zero-order chi connectivity index (χ0) is 12.7. The predicted molar refractivity (Wildman–Crippen MR) is 69.0 cm³/mol. The third-order valence-electron chi connectivity index (χ3n) is 2.50. The summed E-state index contributed by atoms with van der Waals surface area (Å²) in [5.74, 6) is 0.000361. The molecule has 2 N–H and O–H groups in total. The first kappa shape index (κ1) is 13.7. The van der Waals surface area contributed by atoms with Crippen LogP contribution in [0.15, 0.2) is 24.3 Å². The molecule has 1 amide bonds. The zero-order valence-electron chi connectivity index (χ0n) is 10.4. The van der Waals surface area contributed by atoms with Crippen LogP contribution in [-0.2, 0) is 4.79 Å². The molecule has 0 unspecified atom stereocenters. The number of hydrogen-bond acceptors (Lipinski definition) is 3. The van der Waals surface area contributed by atoms with Gasteiger partial charge in [-0.3, -0.25) is 4.79 Å². The highest BCUT2D eigenvalue weighted by atomic mass is 16.3. The average Bonchev–Trinajstić information content (AvgIpc) is 2.27. The lowest BCUT2D eigenvalue weighted by atomic mass is 10.2. The molecule has 0 saturated carbocycles. The number of amides is 1. The summed E-state index contributed by atoms with van der Waals surface area (Å²) >= 11 is 0. The van der Waals surface area contributed by atoms with E-state index in [2.05, 4.69) is 5.32 Å². The number of carbonyl (C=O) groups is 1. The summed E-state index contributed by atoms with van der Waals surface area (Å²) in [6.45, 7) is 3.36. The van der Waals surface area contributed by atoms with Crippen molar-refractivity contribution in [2.24, 2.45) is 0 Å². The Morgan fingerprint density at radius 1 is 1.41 bits per heavy atom. The van der Waals surface area contributed by atoms with E-state index in [9.17, 15) is 4.79 Å². The summed E-state index contributed by atoms with van der Waals surface area (Å²) in [5.41, 5.74) is 1.96. The normalized spacial score (nSPS) is 10.6. The molecule has 1 aromatic carbocycles. The molecule has 0 bridgehead atoms. The quantitative estimate of drug-likeness (QED) is 0.781. The van der Waals surface area contributed by atoms with Crippen LogP contribution in [0.4, 0.5) is 5.69 Å². The first-order valence-electron chi connectivity index (χ1n) is 5.77. The second kappa shape index (κ2) is 7.04. The molecule has 0 aliphatic carbocycles. The number of nitrogens with one attached hydrogen (secondary N) is 1. The molecule has 4 nitrogen and oxygen atoms in total. The Morgan fingerprint density at radius 2 is 2.18 bits per heavy atom. The van der Waals surface area contributed by atoms with Crippen LogP contribution in [0, 0.1) is 6.92 Å². The van der Waals surface area contributed by atoms with E-state index in [1.807, 2.05) is 43.1 Å². The summed E-state index contributed by atoms with van der Waals surface area (Å²) < 4.78 is 0. The lowest BCUT2D eigenvalue weighted by molar-refractivity contribution is -0.116. The molecule has 0 radical (unpaired) electrons. The summed E-state index contributed by atoms with van der Waals surface area (Å²) in [4.78, 5) is 13.6. The van der Waals surface area contributed by atoms with Crippen LogP contribution >= 0.6 is 0 Å². The van der Waals surface area contributed by atoms with Gasteiger partial charge in [-0.1, -0.05) is 12.1 Å².